The Labute approximate surface area is 71.8 Å². The number of pyridine rings is 1. The fraction of sp³-hybridized carbons (Fsp3) is 0.333. The summed E-state index contributed by atoms with van der Waals surface area (Å²) in [5.41, 5.74) is 1.12. The number of carbonyl (C=O) groups excluding carboxylic acids is 1. The van der Waals surface area contributed by atoms with E-state index in [9.17, 15) is 4.79 Å². The molecule has 1 aromatic rings. The smallest absolute Gasteiger partial charge is 0.137 e. The van der Waals surface area contributed by atoms with Crippen LogP contribution in [0, 0.1) is 0 Å². The van der Waals surface area contributed by atoms with Crippen molar-refractivity contribution in [2.45, 2.75) is 12.5 Å². The lowest BCUT2D eigenvalue weighted by atomic mass is 10.1. The predicted octanol–water partition coefficient (Wildman–Crippen LogP) is 0.411. The van der Waals surface area contributed by atoms with Crippen LogP contribution in [0.5, 0.6) is 0 Å². The number of aromatic nitrogens is 1. The summed E-state index contributed by atoms with van der Waals surface area (Å²) in [6.07, 6.45) is 5.10. The largest absolute Gasteiger partial charge is 0.311 e. The van der Waals surface area contributed by atoms with E-state index in [4.69, 9.17) is 0 Å². The van der Waals surface area contributed by atoms with Crippen molar-refractivity contribution in [3.8, 4) is 0 Å². The summed E-state index contributed by atoms with van der Waals surface area (Å²) in [5.74, 6) is 0. The van der Waals surface area contributed by atoms with Gasteiger partial charge in [-0.1, -0.05) is 0 Å². The van der Waals surface area contributed by atoms with Crippen molar-refractivity contribution in [3.63, 3.8) is 0 Å². The number of rotatable bonds is 4. The molecule has 64 valence electrons. The molecule has 0 aliphatic heterocycles. The first-order valence-corrected chi connectivity index (χ1v) is 3.88. The number of hydrogen-bond donors (Lipinski definition) is 1. The first-order valence-electron chi connectivity index (χ1n) is 3.88. The Morgan fingerprint density at radius 2 is 2.25 bits per heavy atom. The maximum atomic E-state index is 10.5. The van der Waals surface area contributed by atoms with Gasteiger partial charge in [0.05, 0.1) is 6.04 Å². The second-order valence-electron chi connectivity index (χ2n) is 2.59. The number of aldehydes is 1. The van der Waals surface area contributed by atoms with Crippen LogP contribution in [0.2, 0.25) is 0 Å². The average molecular weight is 164 g/mol. The van der Waals surface area contributed by atoms with Gasteiger partial charge in [-0.15, -0.1) is 0 Å². The summed E-state index contributed by atoms with van der Waals surface area (Å²) in [7, 11) is 1.78. The van der Waals surface area contributed by atoms with Gasteiger partial charge in [0, 0.05) is 12.4 Å². The van der Waals surface area contributed by atoms with Crippen LogP contribution in [0.1, 0.15) is 5.56 Å². The summed E-state index contributed by atoms with van der Waals surface area (Å²) in [4.78, 5) is 14.4. The van der Waals surface area contributed by atoms with Gasteiger partial charge >= 0.3 is 0 Å². The molecule has 1 atom stereocenters. The quantitative estimate of drug-likeness (QED) is 0.655. The molecule has 0 saturated carbocycles. The minimum absolute atomic E-state index is 0.0904. The Morgan fingerprint density at radius 1 is 1.58 bits per heavy atom. The molecule has 1 aromatic heterocycles. The second-order valence-corrected chi connectivity index (χ2v) is 2.59. The maximum absolute atomic E-state index is 10.5. The monoisotopic (exact) mass is 164 g/mol. The summed E-state index contributed by atoms with van der Waals surface area (Å²) in [6.45, 7) is 0. The van der Waals surface area contributed by atoms with Gasteiger partial charge in [0.1, 0.15) is 6.29 Å². The second kappa shape index (κ2) is 4.62. The van der Waals surface area contributed by atoms with Gasteiger partial charge in [-0.3, -0.25) is 4.98 Å². The molecule has 0 amide bonds. The Kier molecular flexibility index (Phi) is 3.41. The molecule has 0 aromatic carbocycles. The maximum Gasteiger partial charge on any atom is 0.137 e. The van der Waals surface area contributed by atoms with E-state index < -0.39 is 0 Å². The zero-order valence-electron chi connectivity index (χ0n) is 7.03. The van der Waals surface area contributed by atoms with E-state index in [0.29, 0.717) is 0 Å². The minimum Gasteiger partial charge on any atom is -0.311 e. The lowest BCUT2D eigenvalue weighted by Gasteiger charge is -2.07. The molecule has 0 saturated heterocycles. The van der Waals surface area contributed by atoms with Crippen molar-refractivity contribution in [3.05, 3.63) is 30.1 Å². The van der Waals surface area contributed by atoms with Crippen molar-refractivity contribution < 1.29 is 4.79 Å². The first kappa shape index (κ1) is 8.87. The van der Waals surface area contributed by atoms with Gasteiger partial charge in [-0.2, -0.15) is 0 Å². The number of hydrogen-bond acceptors (Lipinski definition) is 3. The molecule has 1 N–H and O–H groups in total. The Balaban J connectivity index is 2.56. The molecule has 0 aliphatic rings. The fourth-order valence-corrected chi connectivity index (χ4v) is 0.991. The summed E-state index contributed by atoms with van der Waals surface area (Å²) >= 11 is 0. The molecule has 0 aliphatic carbocycles. The van der Waals surface area contributed by atoms with E-state index in [1.54, 1.807) is 19.4 Å². The van der Waals surface area contributed by atoms with Crippen molar-refractivity contribution in [2.75, 3.05) is 7.05 Å². The van der Waals surface area contributed by atoms with Gasteiger partial charge in [0.15, 0.2) is 0 Å². The molecule has 1 rings (SSSR count). The first-order chi connectivity index (χ1) is 5.86. The van der Waals surface area contributed by atoms with Crippen LogP contribution in [0.25, 0.3) is 0 Å². The highest BCUT2D eigenvalue weighted by Gasteiger charge is 2.03. The van der Waals surface area contributed by atoms with Crippen LogP contribution < -0.4 is 5.32 Å². The molecule has 0 radical (unpaired) electrons. The highest BCUT2D eigenvalue weighted by molar-refractivity contribution is 5.58. The van der Waals surface area contributed by atoms with E-state index in [2.05, 4.69) is 10.3 Å². The molecule has 0 unspecified atom stereocenters. The molecule has 0 fully saturated rings. The number of nitrogens with one attached hydrogen (secondary N) is 1. The van der Waals surface area contributed by atoms with Crippen LogP contribution in [0.4, 0.5) is 0 Å². The van der Waals surface area contributed by atoms with Crippen LogP contribution >= 0.6 is 0 Å². The third-order valence-electron chi connectivity index (χ3n) is 1.74. The number of nitrogens with zero attached hydrogens (tertiary/aromatic N) is 1. The van der Waals surface area contributed by atoms with E-state index in [0.717, 1.165) is 18.3 Å². The van der Waals surface area contributed by atoms with E-state index in [1.165, 1.54) is 0 Å². The SMILES string of the molecule is CN[C@H](C=O)Cc1ccncc1. The van der Waals surface area contributed by atoms with Gasteiger partial charge in [-0.25, -0.2) is 0 Å². The van der Waals surface area contributed by atoms with Crippen molar-refractivity contribution in [1.82, 2.24) is 10.3 Å². The number of likely N-dealkylation sites (N-methyl/N-ethyl adjacent to an activating group) is 1. The summed E-state index contributed by atoms with van der Waals surface area (Å²) in [6, 6.07) is 3.73. The average Bonchev–Trinajstić information content (AvgIpc) is 2.16. The predicted molar refractivity (Wildman–Crippen MR) is 46.9 cm³/mol. The van der Waals surface area contributed by atoms with E-state index in [-0.39, 0.29) is 6.04 Å². The zero-order valence-corrected chi connectivity index (χ0v) is 7.03. The van der Waals surface area contributed by atoms with Crippen molar-refractivity contribution in [1.29, 1.82) is 0 Å². The van der Waals surface area contributed by atoms with Gasteiger partial charge in [-0.05, 0) is 31.2 Å². The highest BCUT2D eigenvalue weighted by atomic mass is 16.1. The molecular formula is C9H12N2O. The Hall–Kier alpha value is -1.22. The molecule has 3 nitrogen and oxygen atoms in total. The van der Waals surface area contributed by atoms with Gasteiger partial charge in [0.2, 0.25) is 0 Å². The number of carbonyl (C=O) groups is 1. The van der Waals surface area contributed by atoms with Crippen molar-refractivity contribution in [2.24, 2.45) is 0 Å². The Morgan fingerprint density at radius 3 is 2.75 bits per heavy atom. The molecule has 12 heavy (non-hydrogen) atoms. The van der Waals surface area contributed by atoms with Crippen molar-refractivity contribution >= 4 is 6.29 Å². The lowest BCUT2D eigenvalue weighted by molar-refractivity contribution is -0.109. The van der Waals surface area contributed by atoms with E-state index >= 15 is 0 Å². The van der Waals surface area contributed by atoms with Crippen LogP contribution in [0.3, 0.4) is 0 Å². The normalized spacial score (nSPS) is 12.4. The standard InChI is InChI=1S/C9H12N2O/c1-10-9(7-12)6-8-2-4-11-5-3-8/h2-5,7,9-10H,6H2,1H3/t9-/m0/s1. The van der Waals surface area contributed by atoms with Gasteiger partial charge in [0.25, 0.3) is 0 Å². The van der Waals surface area contributed by atoms with Crippen LogP contribution in [0.15, 0.2) is 24.5 Å². The Bertz CT molecular complexity index is 236. The van der Waals surface area contributed by atoms with Gasteiger partial charge < -0.3 is 10.1 Å². The lowest BCUT2D eigenvalue weighted by Crippen LogP contribution is -2.28. The molecule has 0 bridgehead atoms. The topological polar surface area (TPSA) is 42.0 Å². The molecule has 1 heterocycles. The van der Waals surface area contributed by atoms with E-state index in [1.807, 2.05) is 12.1 Å². The highest BCUT2D eigenvalue weighted by Crippen LogP contribution is 1.99. The summed E-state index contributed by atoms with van der Waals surface area (Å²) in [5, 5.41) is 2.91. The van der Waals surface area contributed by atoms with Crippen LogP contribution in [-0.2, 0) is 11.2 Å². The fourth-order valence-electron chi connectivity index (χ4n) is 0.991. The third kappa shape index (κ3) is 2.43. The molecular weight excluding hydrogens is 152 g/mol. The zero-order chi connectivity index (χ0) is 8.81. The third-order valence-corrected chi connectivity index (χ3v) is 1.74. The minimum atomic E-state index is -0.0904. The molecule has 3 heteroatoms. The molecule has 0 spiro atoms. The van der Waals surface area contributed by atoms with Crippen LogP contribution in [-0.4, -0.2) is 24.4 Å². The summed E-state index contributed by atoms with van der Waals surface area (Å²) < 4.78 is 0.